The van der Waals surface area contributed by atoms with E-state index in [2.05, 4.69) is 36.2 Å². The summed E-state index contributed by atoms with van der Waals surface area (Å²) in [5.41, 5.74) is 9.10. The molecule has 0 spiro atoms. The van der Waals surface area contributed by atoms with Crippen molar-refractivity contribution in [1.82, 2.24) is 10.2 Å². The van der Waals surface area contributed by atoms with E-state index in [1.54, 1.807) is 13.0 Å². The van der Waals surface area contributed by atoms with E-state index in [1.807, 2.05) is 12.1 Å². The van der Waals surface area contributed by atoms with Crippen LogP contribution in [-0.4, -0.2) is 10.2 Å². The monoisotopic (exact) mass is 257 g/mol. The predicted molar refractivity (Wildman–Crippen MR) is 77.0 cm³/mol. The zero-order valence-corrected chi connectivity index (χ0v) is 11.5. The van der Waals surface area contributed by atoms with Crippen LogP contribution >= 0.6 is 0 Å². The number of aromatic amines is 1. The van der Waals surface area contributed by atoms with Crippen molar-refractivity contribution in [2.75, 3.05) is 0 Å². The zero-order valence-electron chi connectivity index (χ0n) is 11.5. The molecule has 0 aliphatic carbocycles. The maximum Gasteiger partial charge on any atom is 0.268 e. The van der Waals surface area contributed by atoms with Gasteiger partial charge in [-0.3, -0.25) is 4.79 Å². The molecule has 0 radical (unpaired) electrons. The van der Waals surface area contributed by atoms with Crippen LogP contribution in [0.4, 0.5) is 0 Å². The van der Waals surface area contributed by atoms with Gasteiger partial charge in [0.25, 0.3) is 5.56 Å². The van der Waals surface area contributed by atoms with Crippen LogP contribution in [0.15, 0.2) is 35.1 Å². The minimum absolute atomic E-state index is 0.224. The van der Waals surface area contributed by atoms with Crippen molar-refractivity contribution < 1.29 is 0 Å². The number of nitrogens with zero attached hydrogens (tertiary/aromatic N) is 1. The topological polar surface area (TPSA) is 71.8 Å². The summed E-state index contributed by atoms with van der Waals surface area (Å²) < 4.78 is 0. The van der Waals surface area contributed by atoms with E-state index in [0.717, 1.165) is 11.3 Å². The summed E-state index contributed by atoms with van der Waals surface area (Å²) in [5, 5.41) is 6.57. The van der Waals surface area contributed by atoms with Crippen LogP contribution in [0.25, 0.3) is 11.3 Å². The van der Waals surface area contributed by atoms with Gasteiger partial charge in [-0.25, -0.2) is 5.10 Å². The Bertz CT molecular complexity index is 612. The molecule has 1 aromatic heterocycles. The van der Waals surface area contributed by atoms with Gasteiger partial charge in [-0.05, 0) is 24.5 Å². The Kier molecular flexibility index (Phi) is 3.81. The number of rotatable bonds is 3. The Morgan fingerprint density at radius 2 is 1.79 bits per heavy atom. The van der Waals surface area contributed by atoms with E-state index in [-0.39, 0.29) is 11.6 Å². The van der Waals surface area contributed by atoms with E-state index < -0.39 is 0 Å². The number of nitrogens with two attached hydrogens (primary N) is 1. The molecule has 0 bridgehead atoms. The molecular formula is C15H19N3O. The lowest BCUT2D eigenvalue weighted by molar-refractivity contribution is 0.785. The second-order valence-electron chi connectivity index (χ2n) is 5.10. The average molecular weight is 257 g/mol. The molecule has 3 N–H and O–H groups in total. The van der Waals surface area contributed by atoms with Gasteiger partial charge in [0.15, 0.2) is 0 Å². The second kappa shape index (κ2) is 5.36. The Balaban J connectivity index is 2.42. The first-order chi connectivity index (χ1) is 8.99. The van der Waals surface area contributed by atoms with Crippen molar-refractivity contribution in [1.29, 1.82) is 0 Å². The number of hydrogen-bond donors (Lipinski definition) is 2. The molecule has 0 saturated carbocycles. The molecule has 0 fully saturated rings. The fraction of sp³-hybridized carbons (Fsp3) is 0.333. The van der Waals surface area contributed by atoms with Gasteiger partial charge in [-0.2, -0.15) is 5.10 Å². The molecule has 19 heavy (non-hydrogen) atoms. The summed E-state index contributed by atoms with van der Waals surface area (Å²) in [6.45, 7) is 6.10. The molecule has 4 heteroatoms. The third kappa shape index (κ3) is 2.90. The van der Waals surface area contributed by atoms with Crippen LogP contribution in [0.3, 0.4) is 0 Å². The number of aromatic nitrogens is 2. The number of hydrogen-bond acceptors (Lipinski definition) is 3. The van der Waals surface area contributed by atoms with Crippen LogP contribution in [0.2, 0.25) is 0 Å². The van der Waals surface area contributed by atoms with Gasteiger partial charge in [0, 0.05) is 17.2 Å². The summed E-state index contributed by atoms with van der Waals surface area (Å²) in [6, 6.07) is 9.65. The van der Waals surface area contributed by atoms with Crippen molar-refractivity contribution in [2.24, 2.45) is 5.73 Å². The number of H-pyrrole nitrogens is 1. The van der Waals surface area contributed by atoms with Gasteiger partial charge in [0.2, 0.25) is 0 Å². The lowest BCUT2D eigenvalue weighted by Gasteiger charge is -2.08. The van der Waals surface area contributed by atoms with Crippen LogP contribution in [-0.2, 0) is 0 Å². The van der Waals surface area contributed by atoms with Gasteiger partial charge >= 0.3 is 0 Å². The number of benzene rings is 1. The van der Waals surface area contributed by atoms with E-state index >= 15 is 0 Å². The first kappa shape index (κ1) is 13.5. The van der Waals surface area contributed by atoms with Crippen LogP contribution < -0.4 is 11.3 Å². The van der Waals surface area contributed by atoms with Crippen molar-refractivity contribution in [3.63, 3.8) is 0 Å². The SMILES string of the molecule is CC(C)c1ccc(-c2cc(C(C)N)c(=O)[nH]n2)cc1. The van der Waals surface area contributed by atoms with Crippen molar-refractivity contribution >= 4 is 0 Å². The fourth-order valence-corrected chi connectivity index (χ4v) is 1.95. The van der Waals surface area contributed by atoms with E-state index in [4.69, 9.17) is 5.73 Å². The molecule has 2 rings (SSSR count). The minimum atomic E-state index is -0.305. The van der Waals surface area contributed by atoms with Gasteiger partial charge in [0.1, 0.15) is 0 Å². The van der Waals surface area contributed by atoms with Crippen molar-refractivity contribution in [2.45, 2.75) is 32.7 Å². The maximum absolute atomic E-state index is 11.6. The largest absolute Gasteiger partial charge is 0.324 e. The molecule has 0 aliphatic rings. The highest BCUT2D eigenvalue weighted by molar-refractivity contribution is 5.59. The molecule has 100 valence electrons. The third-order valence-electron chi connectivity index (χ3n) is 3.20. The first-order valence-corrected chi connectivity index (χ1v) is 6.44. The van der Waals surface area contributed by atoms with Crippen molar-refractivity contribution in [3.05, 3.63) is 51.8 Å². The summed E-state index contributed by atoms with van der Waals surface area (Å²) in [4.78, 5) is 11.6. The highest BCUT2D eigenvalue weighted by atomic mass is 16.1. The number of nitrogens with one attached hydrogen (secondary N) is 1. The van der Waals surface area contributed by atoms with Crippen LogP contribution in [0, 0.1) is 0 Å². The molecule has 4 nitrogen and oxygen atoms in total. The molecular weight excluding hydrogens is 238 g/mol. The molecule has 1 heterocycles. The van der Waals surface area contributed by atoms with Gasteiger partial charge < -0.3 is 5.73 Å². The summed E-state index contributed by atoms with van der Waals surface area (Å²) in [7, 11) is 0. The predicted octanol–water partition coefficient (Wildman–Crippen LogP) is 2.58. The van der Waals surface area contributed by atoms with Crippen LogP contribution in [0.5, 0.6) is 0 Å². The first-order valence-electron chi connectivity index (χ1n) is 6.44. The Hall–Kier alpha value is -1.94. The lowest BCUT2D eigenvalue weighted by atomic mass is 10.00. The van der Waals surface area contributed by atoms with Gasteiger partial charge in [-0.15, -0.1) is 0 Å². The molecule has 0 aliphatic heterocycles. The van der Waals surface area contributed by atoms with E-state index in [1.165, 1.54) is 5.56 Å². The lowest BCUT2D eigenvalue weighted by Crippen LogP contribution is -2.20. The fourth-order valence-electron chi connectivity index (χ4n) is 1.95. The molecule has 1 aromatic carbocycles. The van der Waals surface area contributed by atoms with E-state index in [0.29, 0.717) is 11.5 Å². The third-order valence-corrected chi connectivity index (χ3v) is 3.20. The average Bonchev–Trinajstić information content (AvgIpc) is 2.39. The quantitative estimate of drug-likeness (QED) is 0.887. The Morgan fingerprint density at radius 3 is 2.32 bits per heavy atom. The molecule has 0 amide bonds. The van der Waals surface area contributed by atoms with Crippen molar-refractivity contribution in [3.8, 4) is 11.3 Å². The normalized spacial score (nSPS) is 12.7. The Labute approximate surface area is 112 Å². The highest BCUT2D eigenvalue weighted by Gasteiger charge is 2.09. The summed E-state index contributed by atoms with van der Waals surface area (Å²) in [5.74, 6) is 0.497. The second-order valence-corrected chi connectivity index (χ2v) is 5.10. The highest BCUT2D eigenvalue weighted by Crippen LogP contribution is 2.21. The smallest absolute Gasteiger partial charge is 0.268 e. The van der Waals surface area contributed by atoms with Gasteiger partial charge in [-0.1, -0.05) is 38.1 Å². The van der Waals surface area contributed by atoms with Gasteiger partial charge in [0.05, 0.1) is 5.69 Å². The van der Waals surface area contributed by atoms with E-state index in [9.17, 15) is 4.79 Å². The summed E-state index contributed by atoms with van der Waals surface area (Å²) in [6.07, 6.45) is 0. The standard InChI is InChI=1S/C15H19N3O/c1-9(2)11-4-6-12(7-5-11)14-8-13(10(3)16)15(19)18-17-14/h4-10H,16H2,1-3H3,(H,18,19). The zero-order chi connectivity index (χ0) is 14.0. The maximum atomic E-state index is 11.6. The molecule has 1 unspecified atom stereocenters. The molecule has 0 saturated heterocycles. The Morgan fingerprint density at radius 1 is 1.16 bits per heavy atom. The summed E-state index contributed by atoms with van der Waals surface area (Å²) >= 11 is 0. The van der Waals surface area contributed by atoms with Crippen LogP contribution in [0.1, 0.15) is 43.9 Å². The molecule has 2 aromatic rings. The minimum Gasteiger partial charge on any atom is -0.324 e. The molecule has 1 atom stereocenters.